The van der Waals surface area contributed by atoms with Gasteiger partial charge in [-0.25, -0.2) is 0 Å². The first-order chi connectivity index (χ1) is 14.6. The number of ketones is 1. The van der Waals surface area contributed by atoms with Gasteiger partial charge in [0.15, 0.2) is 28.8 Å². The molecule has 3 aromatic rings. The molecule has 0 fully saturated rings. The fourth-order valence-electron chi connectivity index (χ4n) is 3.20. The molecule has 0 aliphatic carbocycles. The number of methoxy groups -OCH3 is 5. The minimum atomic E-state index is -0.282. The van der Waals surface area contributed by atoms with E-state index in [4.69, 9.17) is 23.7 Å². The van der Waals surface area contributed by atoms with E-state index in [1.54, 1.807) is 30.6 Å². The maximum absolute atomic E-state index is 13.5. The molecule has 7 nitrogen and oxygen atoms in total. The number of rotatable bonds is 8. The van der Waals surface area contributed by atoms with Gasteiger partial charge in [-0.1, -0.05) is 6.07 Å². The Balaban J connectivity index is 2.20. The zero-order valence-electron chi connectivity index (χ0n) is 17.5. The second-order valence-electron chi connectivity index (χ2n) is 6.24. The van der Waals surface area contributed by atoms with Crippen LogP contribution in [0.2, 0.25) is 0 Å². The van der Waals surface area contributed by atoms with Crippen molar-refractivity contribution >= 4 is 5.78 Å². The van der Waals surface area contributed by atoms with Crippen LogP contribution in [0, 0.1) is 0 Å². The first-order valence-electron chi connectivity index (χ1n) is 9.09. The second-order valence-corrected chi connectivity index (χ2v) is 6.24. The van der Waals surface area contributed by atoms with Gasteiger partial charge in [-0.15, -0.1) is 0 Å². The summed E-state index contributed by atoms with van der Waals surface area (Å²) in [6, 6.07) is 10.5. The lowest BCUT2D eigenvalue weighted by molar-refractivity contribution is 0.103. The lowest BCUT2D eigenvalue weighted by Gasteiger charge is -2.16. The van der Waals surface area contributed by atoms with Gasteiger partial charge in [0.1, 0.15) is 0 Å². The predicted molar refractivity (Wildman–Crippen MR) is 112 cm³/mol. The third-order valence-corrected chi connectivity index (χ3v) is 4.65. The van der Waals surface area contributed by atoms with Crippen LogP contribution < -0.4 is 23.7 Å². The summed E-state index contributed by atoms with van der Waals surface area (Å²) < 4.78 is 27.1. The minimum absolute atomic E-state index is 0.282. The molecule has 0 spiro atoms. The molecule has 0 saturated heterocycles. The maximum atomic E-state index is 13.5. The summed E-state index contributed by atoms with van der Waals surface area (Å²) in [7, 11) is 7.52. The zero-order valence-corrected chi connectivity index (χ0v) is 17.5. The molecule has 0 unspecified atom stereocenters. The van der Waals surface area contributed by atoms with E-state index in [9.17, 15) is 4.79 Å². The van der Waals surface area contributed by atoms with Crippen LogP contribution >= 0.6 is 0 Å². The monoisotopic (exact) mass is 409 g/mol. The SMILES string of the molecule is COc1cc(C(=O)c2cc(-c3cccnc3)cc(OC)c2OC)cc(OC)c1OC. The van der Waals surface area contributed by atoms with Gasteiger partial charge in [0.2, 0.25) is 5.75 Å². The number of carbonyl (C=O) groups is 1. The molecule has 1 aromatic heterocycles. The van der Waals surface area contributed by atoms with Crippen LogP contribution in [-0.4, -0.2) is 46.3 Å². The van der Waals surface area contributed by atoms with E-state index in [0.717, 1.165) is 11.1 Å². The largest absolute Gasteiger partial charge is 0.493 e. The average molecular weight is 409 g/mol. The molecule has 30 heavy (non-hydrogen) atoms. The standard InChI is InChI=1S/C23H23NO6/c1-26-18-10-15(14-7-6-8-24-13-14)9-17(22(18)29-4)21(25)16-11-19(27-2)23(30-5)20(12-16)28-3/h6-13H,1-5H3. The van der Waals surface area contributed by atoms with Crippen molar-refractivity contribution in [2.45, 2.75) is 0 Å². The van der Waals surface area contributed by atoms with Crippen molar-refractivity contribution in [2.75, 3.05) is 35.5 Å². The smallest absolute Gasteiger partial charge is 0.203 e. The quantitative estimate of drug-likeness (QED) is 0.520. The summed E-state index contributed by atoms with van der Waals surface area (Å²) in [4.78, 5) is 17.7. The number of carbonyl (C=O) groups excluding carboxylic acids is 1. The highest BCUT2D eigenvalue weighted by atomic mass is 16.5. The van der Waals surface area contributed by atoms with E-state index < -0.39 is 0 Å². The van der Waals surface area contributed by atoms with Crippen molar-refractivity contribution in [3.8, 4) is 39.9 Å². The second kappa shape index (κ2) is 9.17. The average Bonchev–Trinajstić information content (AvgIpc) is 2.81. The summed E-state index contributed by atoms with van der Waals surface area (Å²) in [6.07, 6.45) is 3.40. The van der Waals surface area contributed by atoms with Crippen LogP contribution in [-0.2, 0) is 0 Å². The summed E-state index contributed by atoms with van der Waals surface area (Å²) in [5, 5.41) is 0. The van der Waals surface area contributed by atoms with Crippen LogP contribution in [0.3, 0.4) is 0 Å². The highest BCUT2D eigenvalue weighted by molar-refractivity contribution is 6.12. The van der Waals surface area contributed by atoms with Crippen LogP contribution in [0.15, 0.2) is 48.8 Å². The molecule has 1 heterocycles. The number of nitrogens with zero attached hydrogens (tertiary/aromatic N) is 1. The van der Waals surface area contributed by atoms with Gasteiger partial charge in [-0.05, 0) is 35.9 Å². The molecular weight excluding hydrogens is 386 g/mol. The Hall–Kier alpha value is -3.74. The third-order valence-electron chi connectivity index (χ3n) is 4.65. The van der Waals surface area contributed by atoms with Crippen molar-refractivity contribution in [3.05, 3.63) is 59.9 Å². The lowest BCUT2D eigenvalue weighted by Crippen LogP contribution is -2.07. The van der Waals surface area contributed by atoms with Gasteiger partial charge in [0.05, 0.1) is 41.1 Å². The van der Waals surface area contributed by atoms with Crippen LogP contribution in [0.1, 0.15) is 15.9 Å². The molecule has 2 aromatic carbocycles. The molecule has 0 atom stereocenters. The van der Waals surface area contributed by atoms with Crippen LogP contribution in [0.4, 0.5) is 0 Å². The molecule has 156 valence electrons. The predicted octanol–water partition coefficient (Wildman–Crippen LogP) is 4.02. The van der Waals surface area contributed by atoms with E-state index in [-0.39, 0.29) is 5.78 Å². The van der Waals surface area contributed by atoms with Gasteiger partial charge in [-0.3, -0.25) is 9.78 Å². The van der Waals surface area contributed by atoms with Gasteiger partial charge in [0.25, 0.3) is 0 Å². The molecule has 0 aliphatic rings. The normalized spacial score (nSPS) is 10.3. The van der Waals surface area contributed by atoms with Gasteiger partial charge in [0, 0.05) is 23.5 Å². The Morgan fingerprint density at radius 2 is 1.33 bits per heavy atom. The van der Waals surface area contributed by atoms with E-state index in [0.29, 0.717) is 39.9 Å². The summed E-state index contributed by atoms with van der Waals surface area (Å²) >= 11 is 0. The topological polar surface area (TPSA) is 76.1 Å². The van der Waals surface area contributed by atoms with Crippen molar-refractivity contribution in [1.82, 2.24) is 4.98 Å². The molecule has 0 saturated carbocycles. The number of hydrogen-bond acceptors (Lipinski definition) is 7. The highest BCUT2D eigenvalue weighted by Gasteiger charge is 2.23. The fourth-order valence-corrected chi connectivity index (χ4v) is 3.20. The van der Waals surface area contributed by atoms with E-state index >= 15 is 0 Å². The molecule has 0 amide bonds. The van der Waals surface area contributed by atoms with Crippen molar-refractivity contribution in [1.29, 1.82) is 0 Å². The molecule has 0 N–H and O–H groups in total. The van der Waals surface area contributed by atoms with Gasteiger partial charge >= 0.3 is 0 Å². The number of aromatic nitrogens is 1. The molecule has 3 rings (SSSR count). The summed E-state index contributed by atoms with van der Waals surface area (Å²) in [5.41, 5.74) is 2.31. The number of hydrogen-bond donors (Lipinski definition) is 0. The Kier molecular flexibility index (Phi) is 6.41. The fraction of sp³-hybridized carbons (Fsp3) is 0.217. The number of pyridine rings is 1. The molecule has 0 bridgehead atoms. The summed E-state index contributed by atoms with van der Waals surface area (Å²) in [6.45, 7) is 0. The van der Waals surface area contributed by atoms with Crippen molar-refractivity contribution in [3.63, 3.8) is 0 Å². The molecular formula is C23H23NO6. The molecule has 0 radical (unpaired) electrons. The number of ether oxygens (including phenoxy) is 5. The Morgan fingerprint density at radius 3 is 1.83 bits per heavy atom. The summed E-state index contributed by atoms with van der Waals surface area (Å²) in [5.74, 6) is 1.67. The Bertz CT molecular complexity index is 1020. The van der Waals surface area contributed by atoms with E-state index in [1.807, 2.05) is 18.2 Å². The van der Waals surface area contributed by atoms with Crippen molar-refractivity contribution in [2.24, 2.45) is 0 Å². The van der Waals surface area contributed by atoms with Gasteiger partial charge in [-0.2, -0.15) is 0 Å². The Labute approximate surface area is 175 Å². The third kappa shape index (κ3) is 3.87. The minimum Gasteiger partial charge on any atom is -0.493 e. The first kappa shape index (κ1) is 21.0. The zero-order chi connectivity index (χ0) is 21.7. The lowest BCUT2D eigenvalue weighted by atomic mass is 9.96. The maximum Gasteiger partial charge on any atom is 0.203 e. The molecule has 0 aliphatic heterocycles. The van der Waals surface area contributed by atoms with E-state index in [1.165, 1.54) is 35.5 Å². The highest BCUT2D eigenvalue weighted by Crippen LogP contribution is 2.41. The first-order valence-corrected chi connectivity index (χ1v) is 9.09. The van der Waals surface area contributed by atoms with Crippen molar-refractivity contribution < 1.29 is 28.5 Å². The Morgan fingerprint density at radius 1 is 0.733 bits per heavy atom. The number of benzene rings is 2. The van der Waals surface area contributed by atoms with E-state index in [2.05, 4.69) is 4.98 Å². The van der Waals surface area contributed by atoms with Crippen LogP contribution in [0.5, 0.6) is 28.7 Å². The van der Waals surface area contributed by atoms with Crippen LogP contribution in [0.25, 0.3) is 11.1 Å². The molecule has 7 heteroatoms. The van der Waals surface area contributed by atoms with Gasteiger partial charge < -0.3 is 23.7 Å².